The number of benzene rings is 2. The third kappa shape index (κ3) is 6.33. The van der Waals surface area contributed by atoms with Gasteiger partial charge < -0.3 is 24.4 Å². The average Bonchev–Trinajstić information content (AvgIpc) is 2.70. The number of aromatic hydroxyl groups is 1. The lowest BCUT2D eigenvalue weighted by atomic mass is 9.97. The highest BCUT2D eigenvalue weighted by Gasteiger charge is 2.21. The van der Waals surface area contributed by atoms with Gasteiger partial charge in [-0.3, -0.25) is 4.79 Å². The molecule has 0 unspecified atom stereocenters. The van der Waals surface area contributed by atoms with E-state index in [1.807, 2.05) is 38.0 Å². The van der Waals surface area contributed by atoms with Gasteiger partial charge in [0, 0.05) is 35.3 Å². The van der Waals surface area contributed by atoms with E-state index in [-0.39, 0.29) is 39.5 Å². The molecular weight excluding hydrogens is 443 g/mol. The average molecular weight is 469 g/mol. The molecule has 0 radical (unpaired) electrons. The summed E-state index contributed by atoms with van der Waals surface area (Å²) in [7, 11) is 8.76. The van der Waals surface area contributed by atoms with Gasteiger partial charge in [-0.25, -0.2) is 4.79 Å². The number of carbonyl (C=O) groups is 2. The van der Waals surface area contributed by atoms with Crippen LogP contribution in [-0.2, 0) is 22.6 Å². The minimum absolute atomic E-state index is 0.0189. The molecule has 168 valence electrons. The van der Waals surface area contributed by atoms with Crippen LogP contribution in [0.5, 0.6) is 11.5 Å². The molecule has 0 fully saturated rings. The molecule has 0 heterocycles. The third-order valence-electron chi connectivity index (χ3n) is 4.37. The number of rotatable bonds is 9. The van der Waals surface area contributed by atoms with Crippen LogP contribution in [0.1, 0.15) is 27.0 Å². The molecule has 0 aliphatic rings. The second-order valence-corrected chi connectivity index (χ2v) is 8.31. The minimum atomic E-state index is -0.571. The number of hydrogen-bond acceptors (Lipinski definition) is 7. The zero-order valence-electron chi connectivity index (χ0n) is 18.2. The summed E-state index contributed by atoms with van der Waals surface area (Å²) in [6.07, 6.45) is 0. The number of halogens is 2. The monoisotopic (exact) mass is 468 g/mol. The normalized spacial score (nSPS) is 11.1. The van der Waals surface area contributed by atoms with Crippen LogP contribution in [0.3, 0.4) is 0 Å². The number of esters is 1. The van der Waals surface area contributed by atoms with Gasteiger partial charge in [0.2, 0.25) is 0 Å². The molecule has 1 N–H and O–H groups in total. The van der Waals surface area contributed by atoms with E-state index >= 15 is 0 Å². The Morgan fingerprint density at radius 2 is 1.52 bits per heavy atom. The van der Waals surface area contributed by atoms with E-state index < -0.39 is 5.97 Å². The summed E-state index contributed by atoms with van der Waals surface area (Å²) in [5.41, 5.74) is 1.84. The fraction of sp³-hybridized carbons (Fsp3) is 0.364. The Morgan fingerprint density at radius 1 is 0.968 bits per heavy atom. The van der Waals surface area contributed by atoms with Gasteiger partial charge >= 0.3 is 5.97 Å². The third-order valence-corrected chi connectivity index (χ3v) is 5.23. The van der Waals surface area contributed by atoms with Crippen molar-refractivity contribution in [2.24, 2.45) is 0 Å². The Labute approximate surface area is 192 Å². The molecule has 0 aliphatic carbocycles. The Hall–Kier alpha value is -2.32. The highest BCUT2D eigenvalue weighted by molar-refractivity contribution is 6.45. The molecule has 31 heavy (non-hydrogen) atoms. The number of ketones is 1. The molecule has 0 bridgehead atoms. The summed E-state index contributed by atoms with van der Waals surface area (Å²) >= 11 is 12.6. The van der Waals surface area contributed by atoms with Crippen LogP contribution in [0.25, 0.3) is 0 Å². The second kappa shape index (κ2) is 10.8. The van der Waals surface area contributed by atoms with Crippen molar-refractivity contribution in [3.8, 4) is 11.5 Å². The summed E-state index contributed by atoms with van der Waals surface area (Å²) in [5.74, 6) is -0.583. The van der Waals surface area contributed by atoms with Crippen LogP contribution in [0.15, 0.2) is 24.3 Å². The van der Waals surface area contributed by atoms with E-state index in [4.69, 9.17) is 27.9 Å². The van der Waals surface area contributed by atoms with Crippen LogP contribution in [0.2, 0.25) is 10.0 Å². The number of ether oxygens (including phenoxy) is 2. The van der Waals surface area contributed by atoms with Crippen molar-refractivity contribution in [1.29, 1.82) is 0 Å². The maximum atomic E-state index is 13.3. The Bertz CT molecular complexity index is 946. The maximum absolute atomic E-state index is 13.3. The molecular formula is C22H26Cl2N2O5. The lowest BCUT2D eigenvalue weighted by Gasteiger charge is -2.18. The summed E-state index contributed by atoms with van der Waals surface area (Å²) in [6, 6.07) is 6.28. The summed E-state index contributed by atoms with van der Waals surface area (Å²) in [5, 5.41) is 10.7. The first-order valence-corrected chi connectivity index (χ1v) is 10.2. The van der Waals surface area contributed by atoms with E-state index in [1.54, 1.807) is 12.1 Å². The maximum Gasteiger partial charge on any atom is 0.343 e. The van der Waals surface area contributed by atoms with E-state index in [0.29, 0.717) is 29.8 Å². The Morgan fingerprint density at radius 3 is 2.00 bits per heavy atom. The molecule has 9 heteroatoms. The van der Waals surface area contributed by atoms with Crippen LogP contribution >= 0.6 is 23.2 Å². The molecule has 0 aliphatic heterocycles. The molecule has 0 aromatic heterocycles. The molecule has 0 spiro atoms. The highest BCUT2D eigenvalue weighted by atomic mass is 35.5. The van der Waals surface area contributed by atoms with Gasteiger partial charge in [0.1, 0.15) is 16.5 Å². The lowest BCUT2D eigenvalue weighted by Crippen LogP contribution is -2.15. The van der Waals surface area contributed by atoms with Crippen LogP contribution in [-0.4, -0.2) is 68.6 Å². The molecule has 7 nitrogen and oxygen atoms in total. The molecule has 0 saturated heterocycles. The standard InChI is InChI=1S/C22H26Cl2N2O5/c1-25(2)10-14-8-13(9-15(21(14)28)11-26(3)4)22(29)16-6-7-17(20(24)19(16)23)31-12-18(27)30-5/h6-9,28H,10-12H2,1-5H3. The first-order chi connectivity index (χ1) is 14.5. The number of methoxy groups -OCH3 is 1. The van der Waals surface area contributed by atoms with E-state index in [2.05, 4.69) is 4.74 Å². The Kier molecular flexibility index (Phi) is 8.70. The van der Waals surface area contributed by atoms with Crippen molar-refractivity contribution in [2.45, 2.75) is 13.1 Å². The van der Waals surface area contributed by atoms with Crippen molar-refractivity contribution in [3.63, 3.8) is 0 Å². The van der Waals surface area contributed by atoms with Crippen LogP contribution in [0.4, 0.5) is 0 Å². The Balaban J connectivity index is 2.45. The molecule has 0 atom stereocenters. The van der Waals surface area contributed by atoms with Gasteiger partial charge in [0.15, 0.2) is 12.4 Å². The predicted molar refractivity (Wildman–Crippen MR) is 120 cm³/mol. The quantitative estimate of drug-likeness (QED) is 0.444. The molecule has 0 saturated carbocycles. The van der Waals surface area contributed by atoms with Gasteiger partial charge in [-0.05, 0) is 52.5 Å². The fourth-order valence-corrected chi connectivity index (χ4v) is 3.44. The molecule has 2 aromatic carbocycles. The summed E-state index contributed by atoms with van der Waals surface area (Å²) in [6.45, 7) is 0.587. The van der Waals surface area contributed by atoms with Crippen molar-refractivity contribution >= 4 is 35.0 Å². The summed E-state index contributed by atoms with van der Waals surface area (Å²) < 4.78 is 9.83. The first-order valence-electron chi connectivity index (χ1n) is 9.41. The van der Waals surface area contributed by atoms with Gasteiger partial charge in [0.05, 0.1) is 12.1 Å². The van der Waals surface area contributed by atoms with Crippen molar-refractivity contribution in [1.82, 2.24) is 9.80 Å². The van der Waals surface area contributed by atoms with E-state index in [0.717, 1.165) is 0 Å². The van der Waals surface area contributed by atoms with Gasteiger partial charge in [-0.1, -0.05) is 23.2 Å². The smallest absolute Gasteiger partial charge is 0.343 e. The van der Waals surface area contributed by atoms with Crippen LogP contribution < -0.4 is 4.74 Å². The van der Waals surface area contributed by atoms with Gasteiger partial charge in [-0.15, -0.1) is 0 Å². The van der Waals surface area contributed by atoms with E-state index in [9.17, 15) is 14.7 Å². The number of carbonyl (C=O) groups excluding carboxylic acids is 2. The second-order valence-electron chi connectivity index (χ2n) is 7.55. The zero-order chi connectivity index (χ0) is 23.3. The molecule has 2 rings (SSSR count). The van der Waals surface area contributed by atoms with Gasteiger partial charge in [-0.2, -0.15) is 0 Å². The first kappa shape index (κ1) is 24.9. The number of phenols is 1. The van der Waals surface area contributed by atoms with Crippen molar-refractivity contribution < 1.29 is 24.2 Å². The van der Waals surface area contributed by atoms with E-state index in [1.165, 1.54) is 19.2 Å². The van der Waals surface area contributed by atoms with Gasteiger partial charge in [0.25, 0.3) is 0 Å². The predicted octanol–water partition coefficient (Wildman–Crippen LogP) is 3.61. The number of hydrogen-bond donors (Lipinski definition) is 1. The van der Waals surface area contributed by atoms with Crippen molar-refractivity contribution in [3.05, 3.63) is 56.6 Å². The fourth-order valence-electron chi connectivity index (χ4n) is 2.98. The van der Waals surface area contributed by atoms with Crippen molar-refractivity contribution in [2.75, 3.05) is 41.9 Å². The molecule has 2 aromatic rings. The largest absolute Gasteiger partial charge is 0.507 e. The summed E-state index contributed by atoms with van der Waals surface area (Å²) in [4.78, 5) is 28.3. The highest BCUT2D eigenvalue weighted by Crippen LogP contribution is 2.36. The number of nitrogens with zero attached hydrogens (tertiary/aromatic N) is 2. The number of phenolic OH excluding ortho intramolecular Hbond substituents is 1. The minimum Gasteiger partial charge on any atom is -0.507 e. The lowest BCUT2D eigenvalue weighted by molar-refractivity contribution is -0.142. The molecule has 0 amide bonds. The van der Waals surface area contributed by atoms with Crippen LogP contribution in [0, 0.1) is 0 Å². The topological polar surface area (TPSA) is 79.3 Å². The zero-order valence-corrected chi connectivity index (χ0v) is 19.7. The SMILES string of the molecule is COC(=O)COc1ccc(C(=O)c2cc(CN(C)C)c(O)c(CN(C)C)c2)c(Cl)c1Cl.